The molecule has 110 valence electrons. The molecular weight excluding hydrogens is 232 g/mol. The predicted octanol–water partition coefficient (Wildman–Crippen LogP) is 3.28. The van der Waals surface area contributed by atoms with E-state index in [0.29, 0.717) is 11.5 Å². The average molecular weight is 264 g/mol. The zero-order chi connectivity index (χ0) is 13.5. The van der Waals surface area contributed by atoms with E-state index in [1.54, 1.807) is 0 Å². The zero-order valence-electron chi connectivity index (χ0n) is 13.1. The molecule has 0 amide bonds. The number of hydrogen-bond acceptors (Lipinski definition) is 2. The van der Waals surface area contributed by atoms with E-state index in [1.165, 1.54) is 51.6 Å². The maximum absolute atomic E-state index is 3.83. The summed E-state index contributed by atoms with van der Waals surface area (Å²) in [6.07, 6.45) is 8.73. The first kappa shape index (κ1) is 13.9. The second-order valence-electron chi connectivity index (χ2n) is 7.89. The van der Waals surface area contributed by atoms with Crippen molar-refractivity contribution in [3.8, 4) is 0 Å². The van der Waals surface area contributed by atoms with E-state index in [4.69, 9.17) is 0 Å². The van der Waals surface area contributed by atoms with Crippen molar-refractivity contribution < 1.29 is 0 Å². The monoisotopic (exact) mass is 264 g/mol. The van der Waals surface area contributed by atoms with Crippen LogP contribution in [-0.4, -0.2) is 36.6 Å². The first-order valence-electron chi connectivity index (χ1n) is 8.59. The van der Waals surface area contributed by atoms with Gasteiger partial charge in [-0.05, 0) is 49.5 Å². The molecule has 3 rings (SSSR count). The summed E-state index contributed by atoms with van der Waals surface area (Å²) in [5, 5.41) is 3.83. The number of rotatable bonds is 3. The van der Waals surface area contributed by atoms with Crippen molar-refractivity contribution in [3.05, 3.63) is 0 Å². The van der Waals surface area contributed by atoms with Gasteiger partial charge in [-0.1, -0.05) is 33.6 Å². The van der Waals surface area contributed by atoms with Gasteiger partial charge in [0, 0.05) is 25.2 Å². The minimum absolute atomic E-state index is 0.469. The summed E-state index contributed by atoms with van der Waals surface area (Å²) < 4.78 is 0. The van der Waals surface area contributed by atoms with E-state index in [-0.39, 0.29) is 0 Å². The number of fused-ring (bicyclic) bond motifs is 1. The summed E-state index contributed by atoms with van der Waals surface area (Å²) in [5.74, 6) is 2.07. The molecule has 1 aliphatic heterocycles. The van der Waals surface area contributed by atoms with Crippen molar-refractivity contribution in [1.29, 1.82) is 0 Å². The lowest BCUT2D eigenvalue weighted by atomic mass is 9.70. The Bertz CT molecular complexity index is 300. The van der Waals surface area contributed by atoms with Crippen molar-refractivity contribution in [3.63, 3.8) is 0 Å². The molecule has 4 atom stereocenters. The van der Waals surface area contributed by atoms with Crippen molar-refractivity contribution in [1.82, 2.24) is 10.2 Å². The normalized spacial score (nSPS) is 42.5. The molecule has 0 aromatic rings. The summed E-state index contributed by atoms with van der Waals surface area (Å²) in [4.78, 5) is 2.86. The third kappa shape index (κ3) is 2.58. The minimum atomic E-state index is 0.469. The van der Waals surface area contributed by atoms with Gasteiger partial charge in [-0.15, -0.1) is 0 Å². The van der Waals surface area contributed by atoms with Crippen molar-refractivity contribution >= 4 is 0 Å². The third-order valence-corrected chi connectivity index (χ3v) is 6.20. The molecule has 0 spiro atoms. The van der Waals surface area contributed by atoms with Gasteiger partial charge in [0.25, 0.3) is 0 Å². The summed E-state index contributed by atoms with van der Waals surface area (Å²) in [6, 6.07) is 1.50. The quantitative estimate of drug-likeness (QED) is 0.841. The van der Waals surface area contributed by atoms with Gasteiger partial charge >= 0.3 is 0 Å². The molecule has 0 aromatic carbocycles. The Morgan fingerprint density at radius 3 is 2.37 bits per heavy atom. The molecule has 0 aromatic heterocycles. The summed E-state index contributed by atoms with van der Waals surface area (Å²) in [5.41, 5.74) is 0.469. The van der Waals surface area contributed by atoms with Crippen LogP contribution in [0.1, 0.15) is 59.3 Å². The second-order valence-corrected chi connectivity index (χ2v) is 7.89. The fraction of sp³-hybridized carbons (Fsp3) is 1.00. The molecule has 1 heterocycles. The van der Waals surface area contributed by atoms with Crippen LogP contribution in [-0.2, 0) is 0 Å². The van der Waals surface area contributed by atoms with Crippen molar-refractivity contribution in [2.24, 2.45) is 17.3 Å². The Hall–Kier alpha value is -0.0800. The van der Waals surface area contributed by atoms with E-state index in [9.17, 15) is 0 Å². The van der Waals surface area contributed by atoms with Gasteiger partial charge in [0.2, 0.25) is 0 Å². The van der Waals surface area contributed by atoms with E-state index in [0.717, 1.165) is 24.4 Å². The molecule has 3 fully saturated rings. The van der Waals surface area contributed by atoms with E-state index in [1.807, 2.05) is 0 Å². The third-order valence-electron chi connectivity index (χ3n) is 6.20. The molecule has 2 nitrogen and oxygen atoms in total. The van der Waals surface area contributed by atoms with Crippen LogP contribution < -0.4 is 5.32 Å². The maximum atomic E-state index is 3.83. The van der Waals surface area contributed by atoms with Crippen LogP contribution in [0.15, 0.2) is 0 Å². The first-order chi connectivity index (χ1) is 9.12. The molecule has 0 bridgehead atoms. The fourth-order valence-electron chi connectivity index (χ4n) is 5.18. The fourth-order valence-corrected chi connectivity index (χ4v) is 5.18. The largest absolute Gasteiger partial charge is 0.312 e. The molecule has 4 unspecified atom stereocenters. The number of nitrogens with one attached hydrogen (secondary N) is 1. The van der Waals surface area contributed by atoms with Crippen LogP contribution in [0, 0.1) is 17.3 Å². The van der Waals surface area contributed by atoms with Crippen LogP contribution in [0.25, 0.3) is 0 Å². The van der Waals surface area contributed by atoms with Gasteiger partial charge in [-0.2, -0.15) is 0 Å². The average Bonchev–Trinajstić information content (AvgIpc) is 2.92. The molecule has 19 heavy (non-hydrogen) atoms. The van der Waals surface area contributed by atoms with Gasteiger partial charge in [0.15, 0.2) is 0 Å². The molecular formula is C17H32N2. The first-order valence-corrected chi connectivity index (χ1v) is 8.59. The summed E-state index contributed by atoms with van der Waals surface area (Å²) in [6.45, 7) is 11.1. The molecule has 2 aliphatic carbocycles. The Morgan fingerprint density at radius 2 is 1.74 bits per heavy atom. The van der Waals surface area contributed by atoms with Gasteiger partial charge in [-0.25, -0.2) is 0 Å². The standard InChI is InChI=1S/C17H32N2/c1-4-18-16-15(9-6-10-17(16,2)3)19-11-13-7-5-8-14(13)12-19/h13-16,18H,4-12H2,1-3H3. The van der Waals surface area contributed by atoms with E-state index >= 15 is 0 Å². The Kier molecular flexibility index (Phi) is 3.92. The summed E-state index contributed by atoms with van der Waals surface area (Å²) in [7, 11) is 0. The van der Waals surface area contributed by atoms with Gasteiger partial charge in [-0.3, -0.25) is 4.90 Å². The van der Waals surface area contributed by atoms with Crippen LogP contribution >= 0.6 is 0 Å². The van der Waals surface area contributed by atoms with Gasteiger partial charge < -0.3 is 5.32 Å². The highest BCUT2D eigenvalue weighted by Gasteiger charge is 2.45. The molecule has 2 heteroatoms. The SMILES string of the molecule is CCNC1C(N2CC3CCCC3C2)CCCC1(C)C. The van der Waals surface area contributed by atoms with Crippen LogP contribution in [0.2, 0.25) is 0 Å². The Labute approximate surface area is 119 Å². The van der Waals surface area contributed by atoms with Crippen molar-refractivity contribution in [2.45, 2.75) is 71.4 Å². The zero-order valence-corrected chi connectivity index (χ0v) is 13.1. The highest BCUT2D eigenvalue weighted by atomic mass is 15.2. The molecule has 0 radical (unpaired) electrons. The highest BCUT2D eigenvalue weighted by Crippen LogP contribution is 2.43. The number of nitrogens with zero attached hydrogens (tertiary/aromatic N) is 1. The van der Waals surface area contributed by atoms with Gasteiger partial charge in [0.05, 0.1) is 0 Å². The Balaban J connectivity index is 1.71. The van der Waals surface area contributed by atoms with Crippen LogP contribution in [0.5, 0.6) is 0 Å². The lowest BCUT2D eigenvalue weighted by molar-refractivity contribution is 0.0581. The lowest BCUT2D eigenvalue weighted by Gasteiger charge is -2.48. The van der Waals surface area contributed by atoms with E-state index in [2.05, 4.69) is 31.0 Å². The topological polar surface area (TPSA) is 15.3 Å². The van der Waals surface area contributed by atoms with E-state index < -0.39 is 0 Å². The second kappa shape index (κ2) is 5.37. The number of likely N-dealkylation sites (tertiary alicyclic amines) is 1. The van der Waals surface area contributed by atoms with Crippen LogP contribution in [0.3, 0.4) is 0 Å². The maximum Gasteiger partial charge on any atom is 0.0274 e. The number of hydrogen-bond donors (Lipinski definition) is 1. The summed E-state index contributed by atoms with van der Waals surface area (Å²) >= 11 is 0. The van der Waals surface area contributed by atoms with Gasteiger partial charge in [0.1, 0.15) is 0 Å². The van der Waals surface area contributed by atoms with Crippen LogP contribution in [0.4, 0.5) is 0 Å². The lowest BCUT2D eigenvalue weighted by Crippen LogP contribution is -2.58. The molecule has 2 saturated carbocycles. The highest BCUT2D eigenvalue weighted by molar-refractivity contribution is 5.01. The minimum Gasteiger partial charge on any atom is -0.312 e. The predicted molar refractivity (Wildman–Crippen MR) is 81.3 cm³/mol. The Morgan fingerprint density at radius 1 is 1.05 bits per heavy atom. The number of likely N-dealkylation sites (N-methyl/N-ethyl adjacent to an activating group) is 1. The van der Waals surface area contributed by atoms with Crippen molar-refractivity contribution in [2.75, 3.05) is 19.6 Å². The smallest absolute Gasteiger partial charge is 0.0274 e. The molecule has 1 N–H and O–H groups in total. The molecule has 1 saturated heterocycles. The molecule has 3 aliphatic rings.